The van der Waals surface area contributed by atoms with Crippen LogP contribution in [0.1, 0.15) is 22.9 Å². The molecule has 2 aliphatic rings. The number of amides is 4. The predicted octanol–water partition coefficient (Wildman–Crippen LogP) is 4.32. The molecular formula is C25H24N4O3S. The summed E-state index contributed by atoms with van der Waals surface area (Å²) in [5.74, 6) is -0.766. The number of carbonyl (C=O) groups is 3. The van der Waals surface area contributed by atoms with Crippen molar-refractivity contribution in [3.8, 4) is 0 Å². The van der Waals surface area contributed by atoms with Crippen LogP contribution in [0.25, 0.3) is 0 Å². The fourth-order valence-corrected chi connectivity index (χ4v) is 5.32. The number of nitrogens with zero attached hydrogens (tertiary/aromatic N) is 2. The molecule has 5 rings (SSSR count). The molecule has 2 N–H and O–H groups in total. The van der Waals surface area contributed by atoms with Crippen LogP contribution in [0.2, 0.25) is 0 Å². The summed E-state index contributed by atoms with van der Waals surface area (Å²) in [6, 6.07) is 18.5. The Bertz CT molecular complexity index is 1180. The van der Waals surface area contributed by atoms with Gasteiger partial charge in [0.05, 0.1) is 12.0 Å². The monoisotopic (exact) mass is 460 g/mol. The Labute approximate surface area is 196 Å². The van der Waals surface area contributed by atoms with Crippen LogP contribution in [-0.4, -0.2) is 30.9 Å². The second-order valence-electron chi connectivity index (χ2n) is 8.29. The summed E-state index contributed by atoms with van der Waals surface area (Å²) in [4.78, 5) is 42.7. The summed E-state index contributed by atoms with van der Waals surface area (Å²) in [6.45, 7) is 3.24. The van der Waals surface area contributed by atoms with Gasteiger partial charge in [0, 0.05) is 41.4 Å². The minimum Gasteiger partial charge on any atom is -0.336 e. The Balaban J connectivity index is 1.38. The summed E-state index contributed by atoms with van der Waals surface area (Å²) in [6.07, 6.45) is 0.147. The fourth-order valence-electron chi connectivity index (χ4n) is 4.44. The van der Waals surface area contributed by atoms with Gasteiger partial charge in [-0.05, 0) is 54.8 Å². The van der Waals surface area contributed by atoms with Crippen molar-refractivity contribution in [3.63, 3.8) is 0 Å². The molecule has 3 aromatic rings. The number of carbonyl (C=O) groups excluding carboxylic acids is 3. The average molecular weight is 461 g/mol. The summed E-state index contributed by atoms with van der Waals surface area (Å²) in [5, 5.41) is 7.72. The number of anilines is 3. The number of hydrogen-bond acceptors (Lipinski definition) is 4. The molecule has 0 aliphatic carbocycles. The normalized spacial score (nSPS) is 20.3. The average Bonchev–Trinajstić information content (AvgIpc) is 3.55. The van der Waals surface area contributed by atoms with Crippen molar-refractivity contribution in [1.82, 2.24) is 5.32 Å². The molecule has 0 radical (unpaired) electrons. The van der Waals surface area contributed by atoms with E-state index in [2.05, 4.69) is 10.6 Å². The fraction of sp³-hybridized carbons (Fsp3) is 0.240. The Morgan fingerprint density at radius 2 is 1.76 bits per heavy atom. The third-order valence-corrected chi connectivity index (χ3v) is 7.05. The van der Waals surface area contributed by atoms with Crippen molar-refractivity contribution in [2.75, 3.05) is 28.2 Å². The Morgan fingerprint density at radius 3 is 2.39 bits per heavy atom. The molecule has 4 amide bonds. The van der Waals surface area contributed by atoms with Crippen molar-refractivity contribution in [1.29, 1.82) is 0 Å². The molecule has 2 atom stereocenters. The molecule has 33 heavy (non-hydrogen) atoms. The molecule has 168 valence electrons. The van der Waals surface area contributed by atoms with Crippen LogP contribution >= 0.6 is 11.3 Å². The summed E-state index contributed by atoms with van der Waals surface area (Å²) >= 11 is 1.55. The lowest BCUT2D eigenvalue weighted by Gasteiger charge is -2.27. The van der Waals surface area contributed by atoms with Crippen LogP contribution in [0.5, 0.6) is 0 Å². The van der Waals surface area contributed by atoms with E-state index in [1.807, 2.05) is 60.8 Å². The predicted molar refractivity (Wildman–Crippen MR) is 130 cm³/mol. The van der Waals surface area contributed by atoms with Gasteiger partial charge in [0.15, 0.2) is 0 Å². The summed E-state index contributed by atoms with van der Waals surface area (Å²) < 4.78 is 0. The number of rotatable bonds is 5. The third kappa shape index (κ3) is 4.09. The number of urea groups is 1. The molecule has 8 heteroatoms. The quantitative estimate of drug-likeness (QED) is 0.595. The van der Waals surface area contributed by atoms with E-state index in [9.17, 15) is 14.4 Å². The van der Waals surface area contributed by atoms with Gasteiger partial charge < -0.3 is 15.5 Å². The van der Waals surface area contributed by atoms with E-state index in [1.54, 1.807) is 33.3 Å². The molecule has 2 unspecified atom stereocenters. The Kier molecular flexibility index (Phi) is 5.60. The lowest BCUT2D eigenvalue weighted by molar-refractivity contribution is -0.122. The first-order chi connectivity index (χ1) is 16.0. The van der Waals surface area contributed by atoms with E-state index in [1.165, 1.54) is 0 Å². The van der Waals surface area contributed by atoms with Gasteiger partial charge >= 0.3 is 6.03 Å². The Hall–Kier alpha value is -3.65. The molecule has 2 aliphatic heterocycles. The molecule has 0 saturated carbocycles. The van der Waals surface area contributed by atoms with Crippen LogP contribution in [0.4, 0.5) is 21.9 Å². The maximum atomic E-state index is 13.3. The summed E-state index contributed by atoms with van der Waals surface area (Å²) in [7, 11) is 0. The van der Waals surface area contributed by atoms with E-state index in [0.717, 1.165) is 21.8 Å². The van der Waals surface area contributed by atoms with Crippen LogP contribution in [-0.2, 0) is 9.59 Å². The Morgan fingerprint density at radius 1 is 1.03 bits per heavy atom. The second-order valence-corrected chi connectivity index (χ2v) is 9.27. The number of nitrogens with one attached hydrogen (secondary N) is 2. The third-order valence-electron chi connectivity index (χ3n) is 6.11. The van der Waals surface area contributed by atoms with Crippen LogP contribution < -0.4 is 20.4 Å². The number of thiophene rings is 1. The molecule has 3 heterocycles. The molecule has 0 spiro atoms. The second kappa shape index (κ2) is 8.71. The number of hydrogen-bond donors (Lipinski definition) is 2. The molecule has 0 bridgehead atoms. The van der Waals surface area contributed by atoms with Gasteiger partial charge in [-0.1, -0.05) is 23.8 Å². The van der Waals surface area contributed by atoms with Crippen molar-refractivity contribution in [2.24, 2.45) is 5.92 Å². The van der Waals surface area contributed by atoms with E-state index in [4.69, 9.17) is 0 Å². The van der Waals surface area contributed by atoms with Crippen LogP contribution in [0, 0.1) is 12.8 Å². The molecule has 7 nitrogen and oxygen atoms in total. The zero-order chi connectivity index (χ0) is 22.9. The van der Waals surface area contributed by atoms with Gasteiger partial charge in [0.1, 0.15) is 0 Å². The lowest BCUT2D eigenvalue weighted by atomic mass is 9.97. The van der Waals surface area contributed by atoms with Gasteiger partial charge in [-0.3, -0.25) is 14.5 Å². The first-order valence-corrected chi connectivity index (χ1v) is 11.8. The van der Waals surface area contributed by atoms with E-state index in [0.29, 0.717) is 18.8 Å². The standard InChI is InChI=1S/C25H24N4O3S/c1-16-4-8-19(9-5-16)29-22(30)15-20(23(29)21-3-2-14-33-21)24(31)27-17-6-10-18(11-7-17)28-13-12-26-25(28)32/h2-11,14,20,23H,12-13,15H2,1H3,(H,26,32)(H,27,31). The van der Waals surface area contributed by atoms with Crippen molar-refractivity contribution in [2.45, 2.75) is 19.4 Å². The zero-order valence-corrected chi connectivity index (χ0v) is 19.0. The van der Waals surface area contributed by atoms with Gasteiger partial charge in [-0.15, -0.1) is 11.3 Å². The highest BCUT2D eigenvalue weighted by Crippen LogP contribution is 2.43. The highest BCUT2D eigenvalue weighted by atomic mass is 32.1. The van der Waals surface area contributed by atoms with Crippen molar-refractivity contribution in [3.05, 3.63) is 76.5 Å². The first-order valence-electron chi connectivity index (χ1n) is 10.9. The highest BCUT2D eigenvalue weighted by Gasteiger charge is 2.45. The molecular weight excluding hydrogens is 436 g/mol. The highest BCUT2D eigenvalue weighted by molar-refractivity contribution is 7.10. The smallest absolute Gasteiger partial charge is 0.321 e. The molecule has 2 aromatic carbocycles. The van der Waals surface area contributed by atoms with E-state index in [-0.39, 0.29) is 30.3 Å². The SMILES string of the molecule is Cc1ccc(N2C(=O)CC(C(=O)Nc3ccc(N4CCNC4=O)cc3)C2c2cccs2)cc1. The number of aryl methyl sites for hydroxylation is 1. The lowest BCUT2D eigenvalue weighted by Crippen LogP contribution is -2.32. The molecule has 1 aromatic heterocycles. The van der Waals surface area contributed by atoms with Crippen molar-refractivity contribution >= 4 is 46.2 Å². The van der Waals surface area contributed by atoms with Crippen LogP contribution in [0.3, 0.4) is 0 Å². The number of benzene rings is 2. The summed E-state index contributed by atoms with van der Waals surface area (Å²) in [5.41, 5.74) is 3.32. The van der Waals surface area contributed by atoms with Gasteiger partial charge in [-0.25, -0.2) is 4.79 Å². The van der Waals surface area contributed by atoms with Gasteiger partial charge in [0.2, 0.25) is 11.8 Å². The van der Waals surface area contributed by atoms with Crippen LogP contribution in [0.15, 0.2) is 66.0 Å². The largest absolute Gasteiger partial charge is 0.336 e. The van der Waals surface area contributed by atoms with Gasteiger partial charge in [-0.2, -0.15) is 0 Å². The van der Waals surface area contributed by atoms with E-state index < -0.39 is 5.92 Å². The molecule has 2 saturated heterocycles. The molecule has 2 fully saturated rings. The van der Waals surface area contributed by atoms with Crippen molar-refractivity contribution < 1.29 is 14.4 Å². The first kappa shape index (κ1) is 21.2. The maximum absolute atomic E-state index is 13.3. The zero-order valence-electron chi connectivity index (χ0n) is 18.2. The van der Waals surface area contributed by atoms with E-state index >= 15 is 0 Å². The minimum atomic E-state index is -0.513. The topological polar surface area (TPSA) is 81.8 Å². The minimum absolute atomic E-state index is 0.0622. The maximum Gasteiger partial charge on any atom is 0.321 e. The van der Waals surface area contributed by atoms with Gasteiger partial charge in [0.25, 0.3) is 0 Å².